The molecule has 0 saturated carbocycles. The lowest BCUT2D eigenvalue weighted by atomic mass is 9.94. The van der Waals surface area contributed by atoms with Crippen LogP contribution in [0.25, 0.3) is 0 Å². The maximum atomic E-state index is 14.0. The molecule has 146 valence electrons. The van der Waals surface area contributed by atoms with Crippen LogP contribution in [0.5, 0.6) is 0 Å². The summed E-state index contributed by atoms with van der Waals surface area (Å²) in [6.07, 6.45) is -0.220. The number of amides is 1. The topological polar surface area (TPSA) is 95.6 Å². The van der Waals surface area contributed by atoms with Gasteiger partial charge in [0.25, 0.3) is 5.56 Å². The standard InChI is InChI=1S/C19H17ClFN3O4/c20-15-4-3-12(8-16(15)21)17-14(11-24(19(26)27)6-7-28-17)10-23-5-1-2-13(9-22)18(23)25/h1-5,8,14,17H,6-7,10-11H2,(H,26,27)/t14-,17+/m1/s1. The van der Waals surface area contributed by atoms with E-state index in [1.807, 2.05) is 6.07 Å². The minimum Gasteiger partial charge on any atom is -0.465 e. The van der Waals surface area contributed by atoms with Crippen molar-refractivity contribution in [2.24, 2.45) is 5.92 Å². The van der Waals surface area contributed by atoms with Crippen LogP contribution in [0.1, 0.15) is 17.2 Å². The fraction of sp³-hybridized carbons (Fsp3) is 0.316. The van der Waals surface area contributed by atoms with Crippen LogP contribution in [-0.2, 0) is 11.3 Å². The molecule has 28 heavy (non-hydrogen) atoms. The molecular formula is C19H17ClFN3O4. The van der Waals surface area contributed by atoms with Crippen LogP contribution in [0, 0.1) is 23.1 Å². The monoisotopic (exact) mass is 405 g/mol. The Balaban J connectivity index is 1.99. The van der Waals surface area contributed by atoms with Gasteiger partial charge in [0.1, 0.15) is 17.4 Å². The Kier molecular flexibility index (Phi) is 5.97. The smallest absolute Gasteiger partial charge is 0.407 e. The Morgan fingerprint density at radius 1 is 1.43 bits per heavy atom. The highest BCUT2D eigenvalue weighted by Crippen LogP contribution is 2.32. The van der Waals surface area contributed by atoms with E-state index in [0.29, 0.717) is 5.56 Å². The average molecular weight is 406 g/mol. The van der Waals surface area contributed by atoms with Gasteiger partial charge in [-0.2, -0.15) is 5.26 Å². The van der Waals surface area contributed by atoms with E-state index < -0.39 is 29.5 Å². The Morgan fingerprint density at radius 3 is 2.89 bits per heavy atom. The summed E-state index contributed by atoms with van der Waals surface area (Å²) in [7, 11) is 0. The van der Waals surface area contributed by atoms with Crippen molar-refractivity contribution < 1.29 is 19.0 Å². The highest BCUT2D eigenvalue weighted by molar-refractivity contribution is 6.30. The number of carboxylic acid groups (broad SMARTS) is 1. The molecule has 0 spiro atoms. The molecule has 0 unspecified atom stereocenters. The first-order valence-electron chi connectivity index (χ1n) is 8.54. The molecule has 2 atom stereocenters. The molecule has 0 aliphatic carbocycles. The highest BCUT2D eigenvalue weighted by atomic mass is 35.5. The van der Waals surface area contributed by atoms with Crippen LogP contribution >= 0.6 is 11.6 Å². The van der Waals surface area contributed by atoms with E-state index >= 15 is 0 Å². The number of hydrogen-bond donors (Lipinski definition) is 1. The summed E-state index contributed by atoms with van der Waals surface area (Å²) >= 11 is 5.76. The Labute approximate surface area is 165 Å². The normalized spacial score (nSPS) is 19.7. The van der Waals surface area contributed by atoms with Gasteiger partial charge in [0.15, 0.2) is 0 Å². The molecular weight excluding hydrogens is 389 g/mol. The van der Waals surface area contributed by atoms with E-state index in [1.165, 1.54) is 33.9 Å². The number of halogens is 2. The summed E-state index contributed by atoms with van der Waals surface area (Å²) < 4.78 is 21.2. The maximum absolute atomic E-state index is 14.0. The zero-order valence-corrected chi connectivity index (χ0v) is 15.5. The molecule has 0 bridgehead atoms. The summed E-state index contributed by atoms with van der Waals surface area (Å²) in [5.41, 5.74) is 0.0157. The molecule has 3 rings (SSSR count). The third-order valence-electron chi connectivity index (χ3n) is 4.66. The SMILES string of the molecule is N#Cc1cccn(C[C@@H]2CN(C(=O)O)CCO[C@H]2c2ccc(Cl)c(F)c2)c1=O. The largest absolute Gasteiger partial charge is 0.465 e. The van der Waals surface area contributed by atoms with E-state index in [9.17, 15) is 19.1 Å². The number of hydrogen-bond acceptors (Lipinski definition) is 4. The average Bonchev–Trinajstić information content (AvgIpc) is 2.88. The minimum absolute atomic E-state index is 0.0128. The van der Waals surface area contributed by atoms with E-state index in [2.05, 4.69) is 0 Å². The number of ether oxygens (including phenoxy) is 1. The summed E-state index contributed by atoms with van der Waals surface area (Å²) in [6.45, 7) is 0.483. The van der Waals surface area contributed by atoms with Crippen molar-refractivity contribution in [3.8, 4) is 6.07 Å². The van der Waals surface area contributed by atoms with Crippen molar-refractivity contribution in [2.75, 3.05) is 19.7 Å². The lowest BCUT2D eigenvalue weighted by Crippen LogP contribution is -2.37. The molecule has 1 aromatic heterocycles. The predicted octanol–water partition coefficient (Wildman–Crippen LogP) is 2.88. The first-order chi connectivity index (χ1) is 13.4. The van der Waals surface area contributed by atoms with Gasteiger partial charge in [-0.3, -0.25) is 4.79 Å². The second-order valence-corrected chi connectivity index (χ2v) is 6.85. The van der Waals surface area contributed by atoms with Crippen LogP contribution in [0.4, 0.5) is 9.18 Å². The number of rotatable bonds is 3. The predicted molar refractivity (Wildman–Crippen MR) is 98.6 cm³/mol. The van der Waals surface area contributed by atoms with Crippen LogP contribution in [0.3, 0.4) is 0 Å². The third kappa shape index (κ3) is 4.16. The minimum atomic E-state index is -1.10. The molecule has 1 saturated heterocycles. The molecule has 1 amide bonds. The van der Waals surface area contributed by atoms with E-state index in [4.69, 9.17) is 21.6 Å². The molecule has 1 aromatic carbocycles. The number of pyridine rings is 1. The summed E-state index contributed by atoms with van der Waals surface area (Å²) in [5.74, 6) is -1.09. The van der Waals surface area contributed by atoms with Gasteiger partial charge in [0, 0.05) is 31.7 Å². The zero-order valence-electron chi connectivity index (χ0n) is 14.7. The lowest BCUT2D eigenvalue weighted by molar-refractivity contribution is 0.0248. The van der Waals surface area contributed by atoms with Gasteiger partial charge in [-0.25, -0.2) is 9.18 Å². The second-order valence-electron chi connectivity index (χ2n) is 6.44. The van der Waals surface area contributed by atoms with Crippen molar-refractivity contribution in [3.05, 3.63) is 68.8 Å². The van der Waals surface area contributed by atoms with Gasteiger partial charge in [-0.1, -0.05) is 17.7 Å². The Hall–Kier alpha value is -2.89. The number of nitrogens with zero attached hydrogens (tertiary/aromatic N) is 3. The van der Waals surface area contributed by atoms with Gasteiger partial charge in [-0.15, -0.1) is 0 Å². The van der Waals surface area contributed by atoms with E-state index in [1.54, 1.807) is 12.1 Å². The molecule has 2 aromatic rings. The van der Waals surface area contributed by atoms with Crippen LogP contribution < -0.4 is 5.56 Å². The van der Waals surface area contributed by atoms with Crippen LogP contribution in [-0.4, -0.2) is 40.4 Å². The highest BCUT2D eigenvalue weighted by Gasteiger charge is 2.32. The first kappa shape index (κ1) is 19.9. The Bertz CT molecular complexity index is 988. The molecule has 1 aliphatic heterocycles. The quantitative estimate of drug-likeness (QED) is 0.847. The van der Waals surface area contributed by atoms with Crippen LogP contribution in [0.2, 0.25) is 5.02 Å². The zero-order chi connectivity index (χ0) is 20.3. The van der Waals surface area contributed by atoms with Gasteiger partial charge in [0.2, 0.25) is 0 Å². The van der Waals surface area contributed by atoms with Crippen molar-refractivity contribution in [1.82, 2.24) is 9.47 Å². The molecule has 1 N–H and O–H groups in total. The number of aromatic nitrogens is 1. The van der Waals surface area contributed by atoms with Gasteiger partial charge in [-0.05, 0) is 29.8 Å². The fourth-order valence-electron chi connectivity index (χ4n) is 3.30. The van der Waals surface area contributed by atoms with E-state index in [-0.39, 0.29) is 36.8 Å². The van der Waals surface area contributed by atoms with Gasteiger partial charge >= 0.3 is 6.09 Å². The van der Waals surface area contributed by atoms with Crippen molar-refractivity contribution >= 4 is 17.7 Å². The third-order valence-corrected chi connectivity index (χ3v) is 4.96. The van der Waals surface area contributed by atoms with Gasteiger partial charge < -0.3 is 19.3 Å². The van der Waals surface area contributed by atoms with Crippen molar-refractivity contribution in [3.63, 3.8) is 0 Å². The van der Waals surface area contributed by atoms with E-state index in [0.717, 1.165) is 0 Å². The molecule has 9 heteroatoms. The summed E-state index contributed by atoms with van der Waals surface area (Å²) in [5, 5.41) is 18.4. The van der Waals surface area contributed by atoms with Crippen LogP contribution in [0.15, 0.2) is 41.3 Å². The summed E-state index contributed by atoms with van der Waals surface area (Å²) in [6, 6.07) is 9.11. The molecule has 1 aliphatic rings. The van der Waals surface area contributed by atoms with Gasteiger partial charge in [0.05, 0.1) is 17.7 Å². The number of benzene rings is 1. The Morgan fingerprint density at radius 2 is 2.21 bits per heavy atom. The second kappa shape index (κ2) is 8.42. The maximum Gasteiger partial charge on any atom is 0.407 e. The molecule has 2 heterocycles. The first-order valence-corrected chi connectivity index (χ1v) is 8.92. The molecule has 1 fully saturated rings. The number of nitriles is 1. The number of carbonyl (C=O) groups is 1. The lowest BCUT2D eigenvalue weighted by Gasteiger charge is -2.27. The fourth-order valence-corrected chi connectivity index (χ4v) is 3.42. The van der Waals surface area contributed by atoms with Crippen molar-refractivity contribution in [2.45, 2.75) is 12.6 Å². The van der Waals surface area contributed by atoms with Crippen molar-refractivity contribution in [1.29, 1.82) is 5.26 Å². The molecule has 0 radical (unpaired) electrons. The summed E-state index contributed by atoms with van der Waals surface area (Å²) in [4.78, 5) is 25.1. The molecule has 7 nitrogen and oxygen atoms in total.